The van der Waals surface area contributed by atoms with Gasteiger partial charge in [-0.2, -0.15) is 0 Å². The summed E-state index contributed by atoms with van der Waals surface area (Å²) < 4.78 is 22.7. The van der Waals surface area contributed by atoms with E-state index in [9.17, 15) is 9.18 Å². The number of nitrogens with zero attached hydrogens (tertiary/aromatic N) is 4. The minimum absolute atomic E-state index is 0.217. The van der Waals surface area contributed by atoms with E-state index in [0.29, 0.717) is 27.0 Å². The number of esters is 1. The summed E-state index contributed by atoms with van der Waals surface area (Å²) in [6.45, 7) is 2.57. The maximum atomic E-state index is 14.4. The molecule has 170 valence electrons. The molecule has 32 heavy (non-hydrogen) atoms. The van der Waals surface area contributed by atoms with Crippen LogP contribution in [0.5, 0.6) is 0 Å². The molecule has 1 fully saturated rings. The molecule has 0 aliphatic carbocycles. The molecule has 0 aromatic carbocycles. The molecule has 0 bridgehead atoms. The monoisotopic (exact) mass is 571 g/mol. The fourth-order valence-electron chi connectivity index (χ4n) is 3.47. The first-order valence-corrected chi connectivity index (χ1v) is 12.7. The number of halogens is 3. The number of carbonyl (C=O) groups excluding carboxylic acids is 1. The molecular weight excluding hydrogens is 550 g/mol. The number of aromatic nitrogens is 4. The van der Waals surface area contributed by atoms with Crippen molar-refractivity contribution in [1.82, 2.24) is 24.8 Å². The number of fused-ring (bicyclic) bond motifs is 1. The van der Waals surface area contributed by atoms with Gasteiger partial charge in [-0.1, -0.05) is 0 Å². The second kappa shape index (κ2) is 10.5. The molecule has 0 spiro atoms. The van der Waals surface area contributed by atoms with Crippen LogP contribution in [-0.4, -0.2) is 61.5 Å². The standard InChI is InChI=1S/C21H22ClFIN6O2/c1-32-18(31)5-3-7-30-6-2-4-14(12-30)24-29-21-17(23)11-27-20(28-21)16-10-26-19-15(16)8-13(22)9-25-19/h3,5,8-11,14H,2,4,6-7,12H2,1H3,(H,25,26)(H,27,28,29)/q-1/b5-3+/t14-/m1/s1. The molecule has 1 saturated heterocycles. The van der Waals surface area contributed by atoms with Crippen molar-refractivity contribution >= 4 is 34.4 Å². The Morgan fingerprint density at radius 3 is 3.19 bits per heavy atom. The average Bonchev–Trinajstić information content (AvgIpc) is 3.21. The van der Waals surface area contributed by atoms with Crippen molar-refractivity contribution in [1.29, 1.82) is 0 Å². The van der Waals surface area contributed by atoms with Crippen molar-refractivity contribution in [3.63, 3.8) is 0 Å². The van der Waals surface area contributed by atoms with Gasteiger partial charge in [0, 0.05) is 0 Å². The third-order valence-corrected chi connectivity index (χ3v) is 7.97. The van der Waals surface area contributed by atoms with Crippen LogP contribution in [0.15, 0.2) is 36.8 Å². The van der Waals surface area contributed by atoms with E-state index in [2.05, 4.69) is 33.1 Å². The summed E-state index contributed by atoms with van der Waals surface area (Å²) in [7, 11) is 1.36. The molecular formula is C21H22ClFIN6O2-. The number of piperidine rings is 1. The van der Waals surface area contributed by atoms with E-state index in [4.69, 9.17) is 11.6 Å². The predicted molar refractivity (Wildman–Crippen MR) is 116 cm³/mol. The van der Waals surface area contributed by atoms with Crippen molar-refractivity contribution < 1.29 is 35.4 Å². The van der Waals surface area contributed by atoms with E-state index >= 15 is 0 Å². The van der Waals surface area contributed by atoms with Crippen LogP contribution >= 0.6 is 11.6 Å². The minimum atomic E-state index is -0.542. The molecule has 4 heterocycles. The number of pyridine rings is 1. The fourth-order valence-corrected chi connectivity index (χ4v) is 6.25. The second-order valence-corrected chi connectivity index (χ2v) is 10.6. The summed E-state index contributed by atoms with van der Waals surface area (Å²) in [5.74, 6) is -0.199. The molecule has 0 radical (unpaired) electrons. The molecule has 0 unspecified atom stereocenters. The third-order valence-electron chi connectivity index (χ3n) is 5.05. The molecule has 4 rings (SSSR count). The number of methoxy groups -OCH3 is 1. The van der Waals surface area contributed by atoms with E-state index in [0.717, 1.165) is 36.9 Å². The number of aromatic amines is 1. The van der Waals surface area contributed by atoms with E-state index < -0.39 is 27.3 Å². The Kier molecular flexibility index (Phi) is 7.53. The van der Waals surface area contributed by atoms with Crippen molar-refractivity contribution in [2.24, 2.45) is 0 Å². The van der Waals surface area contributed by atoms with Crippen LogP contribution < -0.4 is 25.0 Å². The number of likely N-dealkylation sites (tertiary alicyclic amines) is 1. The number of rotatable bonds is 7. The molecule has 0 amide bonds. The van der Waals surface area contributed by atoms with Crippen LogP contribution in [0, 0.1) is 5.82 Å². The summed E-state index contributed by atoms with van der Waals surface area (Å²) in [6.07, 6.45) is 9.92. The number of anilines is 1. The molecule has 3 aromatic heterocycles. The van der Waals surface area contributed by atoms with Gasteiger partial charge in [-0.25, -0.2) is 0 Å². The van der Waals surface area contributed by atoms with Crippen molar-refractivity contribution in [3.05, 3.63) is 47.6 Å². The normalized spacial score (nSPS) is 17.3. The van der Waals surface area contributed by atoms with Gasteiger partial charge in [0.2, 0.25) is 0 Å². The van der Waals surface area contributed by atoms with Gasteiger partial charge in [-0.05, 0) is 0 Å². The van der Waals surface area contributed by atoms with E-state index in [1.54, 1.807) is 18.5 Å². The molecule has 3 aromatic rings. The second-order valence-electron chi connectivity index (χ2n) is 7.27. The Labute approximate surface area is 200 Å². The van der Waals surface area contributed by atoms with Crippen LogP contribution in [0.1, 0.15) is 12.8 Å². The summed E-state index contributed by atoms with van der Waals surface area (Å²) in [5.41, 5.74) is 1.39. The van der Waals surface area contributed by atoms with Crippen molar-refractivity contribution in [3.8, 4) is 11.4 Å². The van der Waals surface area contributed by atoms with E-state index in [1.807, 2.05) is 6.08 Å². The first kappa shape index (κ1) is 22.9. The maximum absolute atomic E-state index is 14.4. The van der Waals surface area contributed by atoms with Gasteiger partial charge in [-0.15, -0.1) is 0 Å². The first-order chi connectivity index (χ1) is 15.5. The zero-order valence-electron chi connectivity index (χ0n) is 17.3. The number of nitrogens with one attached hydrogen (secondary N) is 2. The van der Waals surface area contributed by atoms with Crippen molar-refractivity contribution in [2.45, 2.75) is 16.8 Å². The van der Waals surface area contributed by atoms with Crippen LogP contribution in [0.3, 0.4) is 0 Å². The van der Waals surface area contributed by atoms with Crippen molar-refractivity contribution in [2.75, 3.05) is 30.3 Å². The molecule has 0 saturated carbocycles. The molecule has 1 atom stereocenters. The van der Waals surface area contributed by atoms with E-state index in [1.165, 1.54) is 19.4 Å². The zero-order chi connectivity index (χ0) is 22.5. The number of ether oxygens (including phenoxy) is 1. The topological polar surface area (TPSA) is 96.0 Å². The van der Waals surface area contributed by atoms with Crippen LogP contribution in [0.4, 0.5) is 10.2 Å². The Bertz CT molecular complexity index is 1140. The molecule has 1 aliphatic rings. The summed E-state index contributed by atoms with van der Waals surface area (Å²) in [5, 5.41) is 1.29. The predicted octanol–water partition coefficient (Wildman–Crippen LogP) is 0.422. The van der Waals surface area contributed by atoms with Gasteiger partial charge in [0.15, 0.2) is 0 Å². The van der Waals surface area contributed by atoms with Crippen LogP contribution in [-0.2, 0) is 9.53 Å². The number of H-pyrrole nitrogens is 1. The Morgan fingerprint density at radius 1 is 1.47 bits per heavy atom. The summed E-state index contributed by atoms with van der Waals surface area (Å²) in [6, 6.07) is 1.79. The SMILES string of the molecule is COC(=O)/C=C/CN1CCC[C@@H]([I-]Nc2nc(-c3c[nH]c4ncc(Cl)cc34)ncc2F)C1. The summed E-state index contributed by atoms with van der Waals surface area (Å²) in [4.78, 5) is 29.4. The van der Waals surface area contributed by atoms with Gasteiger partial charge >= 0.3 is 201 Å². The molecule has 11 heteroatoms. The van der Waals surface area contributed by atoms with Gasteiger partial charge < -0.3 is 0 Å². The number of hydrogen-bond donors (Lipinski definition) is 2. The molecule has 8 nitrogen and oxygen atoms in total. The van der Waals surface area contributed by atoms with Crippen LogP contribution in [0.2, 0.25) is 5.02 Å². The van der Waals surface area contributed by atoms with Crippen LogP contribution in [0.25, 0.3) is 22.4 Å². The first-order valence-electron chi connectivity index (χ1n) is 10.0. The zero-order valence-corrected chi connectivity index (χ0v) is 20.2. The summed E-state index contributed by atoms with van der Waals surface area (Å²) >= 11 is 5.54. The molecule has 2 N–H and O–H groups in total. The Hall–Kier alpha value is -2.31. The van der Waals surface area contributed by atoms with Gasteiger partial charge in [0.05, 0.1) is 0 Å². The van der Waals surface area contributed by atoms with E-state index in [-0.39, 0.29) is 11.8 Å². The van der Waals surface area contributed by atoms with Gasteiger partial charge in [-0.3, -0.25) is 0 Å². The van der Waals surface area contributed by atoms with Gasteiger partial charge in [0.25, 0.3) is 0 Å². The Balaban J connectivity index is 1.42. The average molecular weight is 572 g/mol. The Morgan fingerprint density at radius 2 is 2.34 bits per heavy atom. The number of carbonyl (C=O) groups is 1. The number of alkyl halides is 1. The van der Waals surface area contributed by atoms with Gasteiger partial charge in [0.1, 0.15) is 0 Å². The molecule has 1 aliphatic heterocycles. The third kappa shape index (κ3) is 5.54. The quantitative estimate of drug-likeness (QED) is 0.140. The fraction of sp³-hybridized carbons (Fsp3) is 0.333. The number of hydrogen-bond acceptors (Lipinski definition) is 7.